The number of hydrogen-bond acceptors (Lipinski definition) is 6. The van der Waals surface area contributed by atoms with Gasteiger partial charge in [0.05, 0.1) is 14.2 Å². The number of piperazine rings is 1. The Morgan fingerprint density at radius 2 is 1.84 bits per heavy atom. The van der Waals surface area contributed by atoms with Gasteiger partial charge in [-0.3, -0.25) is 4.79 Å². The van der Waals surface area contributed by atoms with Crippen LogP contribution in [0, 0.1) is 0 Å². The lowest BCUT2D eigenvalue weighted by molar-refractivity contribution is -0.137. The molecule has 0 amide bonds. The molecule has 2 rings (SSSR count). The fourth-order valence-electron chi connectivity index (χ4n) is 2.77. The highest BCUT2D eigenvalue weighted by atomic mass is 32.2. The van der Waals surface area contributed by atoms with Crippen molar-refractivity contribution in [2.45, 2.75) is 17.7 Å². The van der Waals surface area contributed by atoms with Crippen LogP contribution in [0.15, 0.2) is 23.1 Å². The first kappa shape index (κ1) is 19.5. The zero-order valence-electron chi connectivity index (χ0n) is 14.5. The Kier molecular flexibility index (Phi) is 6.63. The fraction of sp³-hybridized carbons (Fsp3) is 0.562. The molecule has 0 radical (unpaired) electrons. The Morgan fingerprint density at radius 1 is 1.16 bits per heavy atom. The van der Waals surface area contributed by atoms with Crippen LogP contribution in [0.25, 0.3) is 0 Å². The molecule has 25 heavy (non-hydrogen) atoms. The number of hydrogen-bond donors (Lipinski definition) is 1. The van der Waals surface area contributed by atoms with E-state index in [1.807, 2.05) is 0 Å². The minimum absolute atomic E-state index is 0.0914. The summed E-state index contributed by atoms with van der Waals surface area (Å²) < 4.78 is 37.6. The summed E-state index contributed by atoms with van der Waals surface area (Å²) in [6, 6.07) is 4.69. The second-order valence-electron chi connectivity index (χ2n) is 5.76. The lowest BCUT2D eigenvalue weighted by atomic mass is 10.2. The molecular formula is C16H24N2O6S. The molecule has 8 nitrogen and oxygen atoms in total. The summed E-state index contributed by atoms with van der Waals surface area (Å²) in [5.41, 5.74) is 0. The van der Waals surface area contributed by atoms with Gasteiger partial charge in [0.1, 0.15) is 16.4 Å². The first-order chi connectivity index (χ1) is 11.9. The predicted octanol–water partition coefficient (Wildman–Crippen LogP) is 0.875. The van der Waals surface area contributed by atoms with E-state index in [9.17, 15) is 13.2 Å². The summed E-state index contributed by atoms with van der Waals surface area (Å²) in [5.74, 6) is -0.0808. The van der Waals surface area contributed by atoms with Gasteiger partial charge < -0.3 is 19.5 Å². The zero-order chi connectivity index (χ0) is 18.4. The quantitative estimate of drug-likeness (QED) is 0.723. The van der Waals surface area contributed by atoms with Gasteiger partial charge in [-0.1, -0.05) is 0 Å². The van der Waals surface area contributed by atoms with Crippen molar-refractivity contribution in [2.24, 2.45) is 0 Å². The van der Waals surface area contributed by atoms with Crippen LogP contribution in [-0.2, 0) is 14.8 Å². The van der Waals surface area contributed by atoms with Crippen LogP contribution in [0.4, 0.5) is 0 Å². The van der Waals surface area contributed by atoms with Crippen molar-refractivity contribution in [3.05, 3.63) is 18.2 Å². The monoisotopic (exact) mass is 372 g/mol. The van der Waals surface area contributed by atoms with Crippen molar-refractivity contribution in [2.75, 3.05) is 46.9 Å². The van der Waals surface area contributed by atoms with Crippen LogP contribution in [0.1, 0.15) is 12.8 Å². The van der Waals surface area contributed by atoms with Crippen molar-refractivity contribution >= 4 is 16.0 Å². The molecule has 1 fully saturated rings. The molecule has 1 N–H and O–H groups in total. The van der Waals surface area contributed by atoms with Gasteiger partial charge in [0.2, 0.25) is 10.0 Å². The Bertz CT molecular complexity index is 699. The molecule has 0 atom stereocenters. The van der Waals surface area contributed by atoms with Crippen molar-refractivity contribution in [1.82, 2.24) is 9.21 Å². The van der Waals surface area contributed by atoms with Crippen molar-refractivity contribution in [3.8, 4) is 11.5 Å². The number of rotatable bonds is 8. The number of carboxylic acid groups (broad SMARTS) is 1. The SMILES string of the molecule is COc1ccc(OC)c(S(=O)(=O)N2CCN(CCCC(=O)O)CC2)c1. The molecule has 140 valence electrons. The molecule has 9 heteroatoms. The first-order valence-electron chi connectivity index (χ1n) is 8.05. The average Bonchev–Trinajstić information content (AvgIpc) is 2.61. The predicted molar refractivity (Wildman–Crippen MR) is 91.6 cm³/mol. The van der Waals surface area contributed by atoms with Gasteiger partial charge >= 0.3 is 5.97 Å². The summed E-state index contributed by atoms with van der Waals surface area (Å²) in [6.45, 7) is 2.52. The second-order valence-corrected chi connectivity index (χ2v) is 7.67. The molecule has 0 saturated carbocycles. The summed E-state index contributed by atoms with van der Waals surface area (Å²) in [6.07, 6.45) is 0.686. The molecular weight excluding hydrogens is 348 g/mol. The highest BCUT2D eigenvalue weighted by molar-refractivity contribution is 7.89. The van der Waals surface area contributed by atoms with Gasteiger partial charge in [0, 0.05) is 38.7 Å². The van der Waals surface area contributed by atoms with Gasteiger partial charge in [-0.05, 0) is 25.1 Å². The number of carbonyl (C=O) groups is 1. The van der Waals surface area contributed by atoms with E-state index >= 15 is 0 Å². The molecule has 1 aliphatic heterocycles. The normalized spacial score (nSPS) is 16.6. The lowest BCUT2D eigenvalue weighted by Gasteiger charge is -2.34. The van der Waals surface area contributed by atoms with Gasteiger partial charge in [-0.15, -0.1) is 0 Å². The van der Waals surface area contributed by atoms with E-state index in [4.69, 9.17) is 14.6 Å². The molecule has 1 aromatic carbocycles. The Labute approximate surface area is 148 Å². The van der Waals surface area contributed by atoms with Crippen LogP contribution >= 0.6 is 0 Å². The van der Waals surface area contributed by atoms with E-state index in [0.29, 0.717) is 44.9 Å². The van der Waals surface area contributed by atoms with Crippen LogP contribution in [0.3, 0.4) is 0 Å². The minimum atomic E-state index is -3.69. The van der Waals surface area contributed by atoms with Crippen LogP contribution in [0.5, 0.6) is 11.5 Å². The largest absolute Gasteiger partial charge is 0.497 e. The summed E-state index contributed by atoms with van der Waals surface area (Å²) in [7, 11) is -0.775. The molecule has 0 spiro atoms. The fourth-order valence-corrected chi connectivity index (χ4v) is 4.36. The van der Waals surface area contributed by atoms with E-state index in [-0.39, 0.29) is 17.1 Å². The molecule has 1 heterocycles. The smallest absolute Gasteiger partial charge is 0.303 e. The van der Waals surface area contributed by atoms with E-state index < -0.39 is 16.0 Å². The van der Waals surface area contributed by atoms with Crippen molar-refractivity contribution in [3.63, 3.8) is 0 Å². The lowest BCUT2D eigenvalue weighted by Crippen LogP contribution is -2.48. The molecule has 0 aromatic heterocycles. The Morgan fingerprint density at radius 3 is 2.40 bits per heavy atom. The molecule has 1 saturated heterocycles. The molecule has 1 aliphatic rings. The van der Waals surface area contributed by atoms with Crippen LogP contribution in [-0.4, -0.2) is 75.6 Å². The number of methoxy groups -OCH3 is 2. The van der Waals surface area contributed by atoms with Crippen LogP contribution < -0.4 is 9.47 Å². The zero-order valence-corrected chi connectivity index (χ0v) is 15.3. The third kappa shape index (κ3) is 4.83. The maximum Gasteiger partial charge on any atom is 0.303 e. The standard InChI is InChI=1S/C16H24N2O6S/c1-23-13-5-6-14(24-2)15(12-13)25(21,22)18-10-8-17(9-11-18)7-3-4-16(19)20/h5-6,12H,3-4,7-11H2,1-2H3,(H,19,20). The van der Waals surface area contributed by atoms with Crippen LogP contribution in [0.2, 0.25) is 0 Å². The number of sulfonamides is 1. The summed E-state index contributed by atoms with van der Waals surface area (Å²) in [4.78, 5) is 12.7. The topological polar surface area (TPSA) is 96.4 Å². The number of nitrogens with zero attached hydrogens (tertiary/aromatic N) is 2. The second kappa shape index (κ2) is 8.50. The molecule has 0 bridgehead atoms. The van der Waals surface area contributed by atoms with Gasteiger partial charge in [0.25, 0.3) is 0 Å². The van der Waals surface area contributed by atoms with Gasteiger partial charge in [-0.2, -0.15) is 4.31 Å². The minimum Gasteiger partial charge on any atom is -0.497 e. The number of benzene rings is 1. The number of ether oxygens (including phenoxy) is 2. The van der Waals surface area contributed by atoms with Crippen molar-refractivity contribution in [1.29, 1.82) is 0 Å². The molecule has 0 unspecified atom stereocenters. The van der Waals surface area contributed by atoms with Gasteiger partial charge in [0.15, 0.2) is 0 Å². The Balaban J connectivity index is 2.06. The summed E-state index contributed by atoms with van der Waals surface area (Å²) >= 11 is 0. The highest BCUT2D eigenvalue weighted by Gasteiger charge is 2.31. The molecule has 1 aromatic rings. The maximum atomic E-state index is 12.9. The van der Waals surface area contributed by atoms with Gasteiger partial charge in [-0.25, -0.2) is 8.42 Å². The third-order valence-corrected chi connectivity index (χ3v) is 6.10. The first-order valence-corrected chi connectivity index (χ1v) is 9.49. The number of aliphatic carboxylic acids is 1. The Hall–Kier alpha value is -1.84. The maximum absolute atomic E-state index is 12.9. The van der Waals surface area contributed by atoms with E-state index in [0.717, 1.165) is 0 Å². The molecule has 0 aliphatic carbocycles. The average molecular weight is 372 g/mol. The number of carboxylic acids is 1. The van der Waals surface area contributed by atoms with E-state index in [1.54, 1.807) is 12.1 Å². The third-order valence-electron chi connectivity index (χ3n) is 4.18. The summed E-state index contributed by atoms with van der Waals surface area (Å²) in [5, 5.41) is 8.68. The van der Waals surface area contributed by atoms with E-state index in [2.05, 4.69) is 4.90 Å². The van der Waals surface area contributed by atoms with E-state index in [1.165, 1.54) is 24.6 Å². The highest BCUT2D eigenvalue weighted by Crippen LogP contribution is 2.31. The van der Waals surface area contributed by atoms with Crippen molar-refractivity contribution < 1.29 is 27.8 Å².